The summed E-state index contributed by atoms with van der Waals surface area (Å²) in [6.45, 7) is 0. The van der Waals surface area contributed by atoms with E-state index in [-0.39, 0.29) is 16.1 Å². The van der Waals surface area contributed by atoms with E-state index in [0.717, 1.165) is 4.47 Å². The number of methoxy groups -OCH3 is 1. The van der Waals surface area contributed by atoms with Gasteiger partial charge in [-0.1, -0.05) is 39.7 Å². The highest BCUT2D eigenvalue weighted by Crippen LogP contribution is 2.29. The predicted octanol–water partition coefficient (Wildman–Crippen LogP) is 5.16. The van der Waals surface area contributed by atoms with E-state index in [1.54, 1.807) is 42.5 Å². The first-order chi connectivity index (χ1) is 13.8. The third-order valence-electron chi connectivity index (χ3n) is 3.95. The maximum absolute atomic E-state index is 12.8. The Morgan fingerprint density at radius 2 is 1.69 bits per heavy atom. The number of anilines is 2. The first-order valence-corrected chi connectivity index (χ1v) is 11.0. The van der Waals surface area contributed by atoms with E-state index >= 15 is 0 Å². The van der Waals surface area contributed by atoms with Crippen LogP contribution in [0.2, 0.25) is 5.02 Å². The van der Waals surface area contributed by atoms with Gasteiger partial charge in [-0.25, -0.2) is 8.42 Å². The lowest BCUT2D eigenvalue weighted by molar-refractivity contribution is 0.102. The summed E-state index contributed by atoms with van der Waals surface area (Å²) < 4.78 is 33.8. The minimum absolute atomic E-state index is 0.0763. The van der Waals surface area contributed by atoms with Crippen LogP contribution in [0.15, 0.2) is 76.1 Å². The minimum atomic E-state index is -3.88. The summed E-state index contributed by atoms with van der Waals surface area (Å²) in [6, 6.07) is 17.3. The number of sulfonamides is 1. The highest BCUT2D eigenvalue weighted by molar-refractivity contribution is 9.10. The quantitative estimate of drug-likeness (QED) is 0.494. The van der Waals surface area contributed by atoms with Crippen LogP contribution in [0.4, 0.5) is 11.4 Å². The van der Waals surface area contributed by atoms with Crippen LogP contribution in [0.25, 0.3) is 0 Å². The monoisotopic (exact) mass is 494 g/mol. The second-order valence-electron chi connectivity index (χ2n) is 5.90. The van der Waals surface area contributed by atoms with Gasteiger partial charge in [0.1, 0.15) is 5.75 Å². The van der Waals surface area contributed by atoms with Gasteiger partial charge in [0.05, 0.1) is 28.9 Å². The molecule has 29 heavy (non-hydrogen) atoms. The molecule has 0 aliphatic rings. The largest absolute Gasteiger partial charge is 0.495 e. The zero-order valence-electron chi connectivity index (χ0n) is 15.1. The van der Waals surface area contributed by atoms with E-state index < -0.39 is 15.9 Å². The summed E-state index contributed by atoms with van der Waals surface area (Å²) in [5.41, 5.74) is 0.666. The van der Waals surface area contributed by atoms with Gasteiger partial charge in [0, 0.05) is 9.50 Å². The highest BCUT2D eigenvalue weighted by atomic mass is 79.9. The second kappa shape index (κ2) is 8.86. The molecule has 3 rings (SSSR count). The molecule has 1 amide bonds. The maximum Gasteiger partial charge on any atom is 0.261 e. The summed E-state index contributed by atoms with van der Waals surface area (Å²) in [5.74, 6) is -0.0876. The molecule has 0 radical (unpaired) electrons. The molecule has 0 aliphatic heterocycles. The van der Waals surface area contributed by atoms with E-state index in [9.17, 15) is 13.2 Å². The Hall–Kier alpha value is -2.55. The van der Waals surface area contributed by atoms with Crippen LogP contribution in [0, 0.1) is 0 Å². The predicted molar refractivity (Wildman–Crippen MR) is 117 cm³/mol. The Labute approximate surface area is 182 Å². The molecule has 0 heterocycles. The fourth-order valence-electron chi connectivity index (χ4n) is 2.56. The molecule has 0 atom stereocenters. The maximum atomic E-state index is 12.8. The third-order valence-corrected chi connectivity index (χ3v) is 6.09. The Kier molecular flexibility index (Phi) is 6.46. The number of amides is 1. The van der Waals surface area contributed by atoms with Gasteiger partial charge in [0.25, 0.3) is 15.9 Å². The van der Waals surface area contributed by atoms with Gasteiger partial charge in [0.2, 0.25) is 0 Å². The number of benzene rings is 3. The SMILES string of the molecule is COc1ccc(Cl)cc1NC(=O)c1ccccc1NS(=O)(=O)c1ccc(Br)cc1. The summed E-state index contributed by atoms with van der Waals surface area (Å²) in [5, 5.41) is 3.12. The molecule has 0 unspecified atom stereocenters. The Morgan fingerprint density at radius 1 is 1.00 bits per heavy atom. The van der Waals surface area contributed by atoms with Crippen molar-refractivity contribution in [3.05, 3.63) is 81.8 Å². The first-order valence-electron chi connectivity index (χ1n) is 8.32. The lowest BCUT2D eigenvalue weighted by Crippen LogP contribution is -2.18. The molecule has 0 fully saturated rings. The van der Waals surface area contributed by atoms with Gasteiger partial charge in [-0.05, 0) is 54.6 Å². The number of halogens is 2. The van der Waals surface area contributed by atoms with Crippen LogP contribution in [-0.4, -0.2) is 21.4 Å². The first kappa shape index (κ1) is 21.2. The number of carbonyl (C=O) groups is 1. The van der Waals surface area contributed by atoms with Crippen LogP contribution in [0.1, 0.15) is 10.4 Å². The molecule has 0 saturated carbocycles. The summed E-state index contributed by atoms with van der Waals surface area (Å²) in [4.78, 5) is 12.9. The standard InChI is InChI=1S/C20H16BrClN2O4S/c1-28-19-11-8-14(22)12-18(19)23-20(25)16-4-2-3-5-17(16)24-29(26,27)15-9-6-13(21)7-10-15/h2-12,24H,1H3,(H,23,25). The van der Waals surface area contributed by atoms with E-state index in [1.807, 2.05) is 0 Å². The molecular formula is C20H16BrClN2O4S. The van der Waals surface area contributed by atoms with E-state index in [1.165, 1.54) is 31.4 Å². The molecule has 0 spiro atoms. The number of nitrogens with one attached hydrogen (secondary N) is 2. The van der Waals surface area contributed by atoms with Crippen LogP contribution in [0.5, 0.6) is 5.75 Å². The fourth-order valence-corrected chi connectivity index (χ4v) is 4.07. The molecule has 0 bridgehead atoms. The molecule has 3 aromatic carbocycles. The lowest BCUT2D eigenvalue weighted by Gasteiger charge is -2.14. The third kappa shape index (κ3) is 5.09. The van der Waals surface area contributed by atoms with E-state index in [4.69, 9.17) is 16.3 Å². The van der Waals surface area contributed by atoms with Crippen LogP contribution in [-0.2, 0) is 10.0 Å². The van der Waals surface area contributed by atoms with Gasteiger partial charge in [-0.2, -0.15) is 0 Å². The van der Waals surface area contributed by atoms with E-state index in [2.05, 4.69) is 26.0 Å². The average molecular weight is 496 g/mol. The Balaban J connectivity index is 1.90. The van der Waals surface area contributed by atoms with Gasteiger partial charge in [-0.15, -0.1) is 0 Å². The molecule has 0 saturated heterocycles. The minimum Gasteiger partial charge on any atom is -0.495 e. The molecule has 150 valence electrons. The Bertz CT molecular complexity index is 1150. The summed E-state index contributed by atoms with van der Waals surface area (Å²) in [7, 11) is -2.40. The molecule has 9 heteroatoms. The number of rotatable bonds is 6. The number of para-hydroxylation sites is 1. The van der Waals surface area contributed by atoms with Crippen molar-refractivity contribution >= 4 is 54.8 Å². The van der Waals surface area contributed by atoms with Gasteiger partial charge in [-0.3, -0.25) is 9.52 Å². The Morgan fingerprint density at radius 3 is 2.38 bits per heavy atom. The second-order valence-corrected chi connectivity index (χ2v) is 8.94. The van der Waals surface area contributed by atoms with Crippen molar-refractivity contribution in [2.75, 3.05) is 17.1 Å². The molecule has 0 aromatic heterocycles. The normalized spacial score (nSPS) is 11.0. The van der Waals surface area contributed by atoms with Crippen molar-refractivity contribution in [2.45, 2.75) is 4.90 Å². The van der Waals surface area contributed by atoms with Crippen LogP contribution in [0.3, 0.4) is 0 Å². The summed E-state index contributed by atoms with van der Waals surface area (Å²) >= 11 is 9.27. The van der Waals surface area contributed by atoms with E-state index in [0.29, 0.717) is 16.5 Å². The van der Waals surface area contributed by atoms with Gasteiger partial charge in [0.15, 0.2) is 0 Å². The van der Waals surface area contributed by atoms with Crippen LogP contribution < -0.4 is 14.8 Å². The lowest BCUT2D eigenvalue weighted by atomic mass is 10.1. The van der Waals surface area contributed by atoms with Crippen molar-refractivity contribution < 1.29 is 17.9 Å². The van der Waals surface area contributed by atoms with Crippen molar-refractivity contribution in [3.63, 3.8) is 0 Å². The van der Waals surface area contributed by atoms with Crippen molar-refractivity contribution in [1.29, 1.82) is 0 Å². The molecule has 0 aliphatic carbocycles. The zero-order valence-corrected chi connectivity index (χ0v) is 18.3. The summed E-state index contributed by atoms with van der Waals surface area (Å²) in [6.07, 6.45) is 0. The molecule has 6 nitrogen and oxygen atoms in total. The number of carbonyl (C=O) groups excluding carboxylic acids is 1. The van der Waals surface area contributed by atoms with Crippen LogP contribution >= 0.6 is 27.5 Å². The topological polar surface area (TPSA) is 84.5 Å². The zero-order chi connectivity index (χ0) is 21.0. The number of hydrogen-bond donors (Lipinski definition) is 2. The van der Waals surface area contributed by atoms with Crippen molar-refractivity contribution in [3.8, 4) is 5.75 Å². The number of hydrogen-bond acceptors (Lipinski definition) is 4. The van der Waals surface area contributed by atoms with Gasteiger partial charge >= 0.3 is 0 Å². The molecular weight excluding hydrogens is 480 g/mol. The molecule has 2 N–H and O–H groups in total. The van der Waals surface area contributed by atoms with Crippen molar-refractivity contribution in [2.24, 2.45) is 0 Å². The number of ether oxygens (including phenoxy) is 1. The smallest absolute Gasteiger partial charge is 0.261 e. The highest BCUT2D eigenvalue weighted by Gasteiger charge is 2.19. The van der Waals surface area contributed by atoms with Crippen molar-refractivity contribution in [1.82, 2.24) is 0 Å². The average Bonchev–Trinajstić information content (AvgIpc) is 2.68. The fraction of sp³-hybridized carbons (Fsp3) is 0.0500. The van der Waals surface area contributed by atoms with Gasteiger partial charge < -0.3 is 10.1 Å². The molecule has 3 aromatic rings.